The molecule has 0 atom stereocenters. The van der Waals surface area contributed by atoms with Crippen molar-refractivity contribution in [3.05, 3.63) is 46.1 Å². The molecule has 0 fully saturated rings. The summed E-state index contributed by atoms with van der Waals surface area (Å²) in [6, 6.07) is 5.82. The molecule has 1 aromatic carbocycles. The van der Waals surface area contributed by atoms with Gasteiger partial charge in [0.15, 0.2) is 5.75 Å². The van der Waals surface area contributed by atoms with Gasteiger partial charge >= 0.3 is 5.97 Å². The molecule has 2 aromatic rings. The maximum Gasteiger partial charge on any atom is 0.339 e. The van der Waals surface area contributed by atoms with Gasteiger partial charge in [0.2, 0.25) is 0 Å². The molecule has 3 N–H and O–H groups in total. The van der Waals surface area contributed by atoms with E-state index in [1.807, 2.05) is 0 Å². The van der Waals surface area contributed by atoms with Crippen LogP contribution in [0.3, 0.4) is 0 Å². The molecule has 0 radical (unpaired) electrons. The third kappa shape index (κ3) is 3.07. The van der Waals surface area contributed by atoms with Crippen LogP contribution in [0, 0.1) is 0 Å². The number of rotatable bonds is 3. The molecule has 0 saturated heterocycles. The van der Waals surface area contributed by atoms with Crippen LogP contribution in [0.4, 0.5) is 5.82 Å². The minimum atomic E-state index is -1.18. The summed E-state index contributed by atoms with van der Waals surface area (Å²) in [5.41, 5.74) is 5.33. The second kappa shape index (κ2) is 5.34. The lowest BCUT2D eigenvalue weighted by molar-refractivity contribution is 0.0694. The summed E-state index contributed by atoms with van der Waals surface area (Å²) in [7, 11) is 0. The summed E-state index contributed by atoms with van der Waals surface area (Å²) < 4.78 is 5.42. The van der Waals surface area contributed by atoms with E-state index >= 15 is 0 Å². The van der Waals surface area contributed by atoms with Crippen LogP contribution in [0.15, 0.2) is 30.5 Å². The highest BCUT2D eigenvalue weighted by Crippen LogP contribution is 2.33. The number of nitrogens with zero attached hydrogens (tertiary/aromatic N) is 1. The molecule has 0 aliphatic carbocycles. The van der Waals surface area contributed by atoms with Gasteiger partial charge in [0.25, 0.3) is 0 Å². The molecule has 0 aliphatic heterocycles. The van der Waals surface area contributed by atoms with Gasteiger partial charge in [-0.1, -0.05) is 23.2 Å². The molecule has 98 valence electrons. The molecule has 1 heterocycles. The van der Waals surface area contributed by atoms with Gasteiger partial charge < -0.3 is 15.6 Å². The third-order valence-corrected chi connectivity index (χ3v) is 2.78. The van der Waals surface area contributed by atoms with E-state index in [1.165, 1.54) is 18.3 Å². The lowest BCUT2D eigenvalue weighted by Gasteiger charge is -2.10. The van der Waals surface area contributed by atoms with E-state index in [9.17, 15) is 4.79 Å². The van der Waals surface area contributed by atoms with Gasteiger partial charge in [0, 0.05) is 11.1 Å². The number of halogens is 2. The quantitative estimate of drug-likeness (QED) is 0.906. The Balaban J connectivity index is 2.43. The SMILES string of the molecule is Nc1cc(C(=O)O)c(Oc2cc(Cl)ccc2Cl)cn1. The average Bonchev–Trinajstić information content (AvgIpc) is 2.35. The number of aromatic carboxylic acids is 1. The van der Waals surface area contributed by atoms with Crippen molar-refractivity contribution in [2.45, 2.75) is 0 Å². The highest BCUT2D eigenvalue weighted by atomic mass is 35.5. The first-order valence-electron chi connectivity index (χ1n) is 5.09. The number of hydrogen-bond donors (Lipinski definition) is 2. The standard InChI is InChI=1S/C12H8Cl2N2O3/c13-6-1-2-8(14)9(3-6)19-10-5-16-11(15)4-7(10)12(17)18/h1-5H,(H2,15,16)(H,17,18). The Morgan fingerprint density at radius 3 is 2.68 bits per heavy atom. The van der Waals surface area contributed by atoms with Crippen molar-refractivity contribution < 1.29 is 14.6 Å². The minimum absolute atomic E-state index is 0.0332. The predicted molar refractivity (Wildman–Crippen MR) is 72.1 cm³/mol. The van der Waals surface area contributed by atoms with Gasteiger partial charge in [-0.15, -0.1) is 0 Å². The molecule has 1 aromatic heterocycles. The van der Waals surface area contributed by atoms with E-state index in [-0.39, 0.29) is 22.9 Å². The van der Waals surface area contributed by atoms with Crippen molar-refractivity contribution in [1.29, 1.82) is 0 Å². The molecule has 19 heavy (non-hydrogen) atoms. The lowest BCUT2D eigenvalue weighted by atomic mass is 10.2. The van der Waals surface area contributed by atoms with Crippen LogP contribution >= 0.6 is 23.2 Å². The summed E-state index contributed by atoms with van der Waals surface area (Å²) in [4.78, 5) is 14.9. The van der Waals surface area contributed by atoms with Crippen LogP contribution in [0.2, 0.25) is 10.0 Å². The van der Waals surface area contributed by atoms with E-state index in [0.717, 1.165) is 0 Å². The molecular weight excluding hydrogens is 291 g/mol. The number of aromatic nitrogens is 1. The van der Waals surface area contributed by atoms with Crippen LogP contribution in [0.1, 0.15) is 10.4 Å². The van der Waals surface area contributed by atoms with Crippen molar-refractivity contribution in [2.75, 3.05) is 5.73 Å². The van der Waals surface area contributed by atoms with Gasteiger partial charge in [-0.05, 0) is 18.2 Å². The first-order valence-corrected chi connectivity index (χ1v) is 5.84. The number of nitrogens with two attached hydrogens (primary N) is 1. The number of nitrogen functional groups attached to an aromatic ring is 1. The Hall–Kier alpha value is -1.98. The predicted octanol–water partition coefficient (Wildman–Crippen LogP) is 3.46. The Labute approximate surface area is 118 Å². The normalized spacial score (nSPS) is 10.2. The van der Waals surface area contributed by atoms with Crippen LogP contribution < -0.4 is 10.5 Å². The number of carboxylic acid groups (broad SMARTS) is 1. The minimum Gasteiger partial charge on any atom is -0.478 e. The molecule has 0 amide bonds. The van der Waals surface area contributed by atoms with E-state index in [4.69, 9.17) is 38.8 Å². The Bertz CT molecular complexity index is 647. The number of pyridine rings is 1. The van der Waals surface area contributed by atoms with Crippen LogP contribution in [-0.2, 0) is 0 Å². The Kier molecular flexibility index (Phi) is 3.78. The van der Waals surface area contributed by atoms with Crippen LogP contribution in [0.5, 0.6) is 11.5 Å². The number of anilines is 1. The average molecular weight is 299 g/mol. The van der Waals surface area contributed by atoms with Crippen molar-refractivity contribution in [3.63, 3.8) is 0 Å². The fourth-order valence-corrected chi connectivity index (χ4v) is 1.70. The molecule has 0 saturated carbocycles. The van der Waals surface area contributed by atoms with Crippen LogP contribution in [-0.4, -0.2) is 16.1 Å². The van der Waals surface area contributed by atoms with E-state index in [2.05, 4.69) is 4.98 Å². The van der Waals surface area contributed by atoms with Gasteiger partial charge in [-0.3, -0.25) is 0 Å². The van der Waals surface area contributed by atoms with E-state index < -0.39 is 5.97 Å². The molecule has 5 nitrogen and oxygen atoms in total. The topological polar surface area (TPSA) is 85.4 Å². The first kappa shape index (κ1) is 13.5. The van der Waals surface area contributed by atoms with E-state index in [1.54, 1.807) is 12.1 Å². The molecule has 0 bridgehead atoms. The number of ether oxygens (including phenoxy) is 1. The zero-order chi connectivity index (χ0) is 14.0. The third-order valence-electron chi connectivity index (χ3n) is 2.23. The van der Waals surface area contributed by atoms with E-state index in [0.29, 0.717) is 10.0 Å². The Morgan fingerprint density at radius 1 is 1.26 bits per heavy atom. The number of carbonyl (C=O) groups is 1. The summed E-state index contributed by atoms with van der Waals surface area (Å²) in [6.07, 6.45) is 1.22. The molecule has 0 aliphatic rings. The van der Waals surface area contributed by atoms with Crippen molar-refractivity contribution in [2.24, 2.45) is 0 Å². The van der Waals surface area contributed by atoms with Gasteiger partial charge in [-0.25, -0.2) is 9.78 Å². The molecule has 2 rings (SSSR count). The van der Waals surface area contributed by atoms with Crippen molar-refractivity contribution >= 4 is 35.0 Å². The number of hydrogen-bond acceptors (Lipinski definition) is 4. The fourth-order valence-electron chi connectivity index (χ4n) is 1.38. The number of carboxylic acids is 1. The smallest absolute Gasteiger partial charge is 0.339 e. The number of benzene rings is 1. The van der Waals surface area contributed by atoms with Crippen LogP contribution in [0.25, 0.3) is 0 Å². The summed E-state index contributed by atoms with van der Waals surface area (Å²) in [6.45, 7) is 0. The first-order chi connectivity index (χ1) is 8.97. The van der Waals surface area contributed by atoms with Crippen molar-refractivity contribution in [3.8, 4) is 11.5 Å². The molecule has 0 unspecified atom stereocenters. The lowest BCUT2D eigenvalue weighted by Crippen LogP contribution is -2.03. The second-order valence-corrected chi connectivity index (χ2v) is 4.43. The highest BCUT2D eigenvalue weighted by Gasteiger charge is 2.15. The maximum absolute atomic E-state index is 11.1. The summed E-state index contributed by atoms with van der Waals surface area (Å²) in [5.74, 6) is -0.821. The Morgan fingerprint density at radius 2 is 2.00 bits per heavy atom. The summed E-state index contributed by atoms with van der Waals surface area (Å²) in [5, 5.41) is 9.79. The van der Waals surface area contributed by atoms with Crippen molar-refractivity contribution in [1.82, 2.24) is 4.98 Å². The van der Waals surface area contributed by atoms with Gasteiger partial charge in [0.1, 0.15) is 17.1 Å². The zero-order valence-corrected chi connectivity index (χ0v) is 10.9. The highest BCUT2D eigenvalue weighted by molar-refractivity contribution is 6.34. The van der Waals surface area contributed by atoms with Gasteiger partial charge in [-0.2, -0.15) is 0 Å². The summed E-state index contributed by atoms with van der Waals surface area (Å²) >= 11 is 11.8. The fraction of sp³-hybridized carbons (Fsp3) is 0. The monoisotopic (exact) mass is 298 g/mol. The largest absolute Gasteiger partial charge is 0.478 e. The van der Waals surface area contributed by atoms with Gasteiger partial charge in [0.05, 0.1) is 11.2 Å². The zero-order valence-electron chi connectivity index (χ0n) is 9.43. The molecular formula is C12H8Cl2N2O3. The molecule has 0 spiro atoms. The maximum atomic E-state index is 11.1. The second-order valence-electron chi connectivity index (χ2n) is 3.59. The molecule has 7 heteroatoms.